The van der Waals surface area contributed by atoms with Gasteiger partial charge in [-0.1, -0.05) is 23.4 Å². The number of fused-ring (bicyclic) bond motifs is 1. The van der Waals surface area contributed by atoms with E-state index in [-0.39, 0.29) is 0 Å². The molecule has 15 heavy (non-hydrogen) atoms. The van der Waals surface area contributed by atoms with E-state index in [1.807, 2.05) is 30.3 Å². The van der Waals surface area contributed by atoms with Gasteiger partial charge in [-0.05, 0) is 12.1 Å². The fraction of sp³-hybridized carbons (Fsp3) is 0. The number of hydrogen-bond acceptors (Lipinski definition) is 3. The lowest BCUT2D eigenvalue weighted by Crippen LogP contribution is -1.83. The number of aromatic amines is 1. The zero-order valence-corrected chi connectivity index (χ0v) is 7.90. The molecule has 0 saturated carbocycles. The molecule has 0 aliphatic rings. The fourth-order valence-electron chi connectivity index (χ4n) is 1.65. The molecule has 0 radical (unpaired) electrons. The van der Waals surface area contributed by atoms with Crippen molar-refractivity contribution in [3.05, 3.63) is 36.5 Å². The summed E-state index contributed by atoms with van der Waals surface area (Å²) in [5.41, 5.74) is 8.17. The summed E-state index contributed by atoms with van der Waals surface area (Å²) in [6, 6.07) is 10.00. The van der Waals surface area contributed by atoms with Crippen molar-refractivity contribution in [2.45, 2.75) is 0 Å². The minimum atomic E-state index is 0.543. The molecule has 0 aliphatic heterocycles. The highest BCUT2D eigenvalue weighted by Gasteiger charge is 2.10. The van der Waals surface area contributed by atoms with Crippen molar-refractivity contribution >= 4 is 16.6 Å². The maximum atomic E-state index is 5.72. The Hall–Kier alpha value is -2.23. The second-order valence-electron chi connectivity index (χ2n) is 3.38. The molecule has 3 rings (SSSR count). The van der Waals surface area contributed by atoms with Crippen LogP contribution in [0.15, 0.2) is 41.1 Å². The highest BCUT2D eigenvalue weighted by molar-refractivity contribution is 5.86. The molecule has 74 valence electrons. The maximum absolute atomic E-state index is 5.72. The van der Waals surface area contributed by atoms with Gasteiger partial charge in [-0.15, -0.1) is 0 Å². The predicted octanol–water partition coefficient (Wildman–Crippen LogP) is 2.41. The molecule has 1 aromatic carbocycles. The zero-order valence-electron chi connectivity index (χ0n) is 7.90. The molecule has 0 saturated heterocycles. The molecule has 0 spiro atoms. The Labute approximate surface area is 85.7 Å². The van der Waals surface area contributed by atoms with Crippen LogP contribution in [0.1, 0.15) is 0 Å². The first-order valence-corrected chi connectivity index (χ1v) is 4.63. The Morgan fingerprint density at radius 1 is 1.27 bits per heavy atom. The zero-order chi connectivity index (χ0) is 10.3. The SMILES string of the molecule is Nc1cnoc1-c1cc2ccccc2[nH]1. The van der Waals surface area contributed by atoms with E-state index < -0.39 is 0 Å². The Morgan fingerprint density at radius 2 is 2.13 bits per heavy atom. The lowest BCUT2D eigenvalue weighted by molar-refractivity contribution is 0.431. The van der Waals surface area contributed by atoms with E-state index in [0.717, 1.165) is 16.6 Å². The summed E-state index contributed by atoms with van der Waals surface area (Å²) in [6.45, 7) is 0. The Bertz CT molecular complexity index is 576. The van der Waals surface area contributed by atoms with Crippen LogP contribution in [-0.2, 0) is 0 Å². The first-order chi connectivity index (χ1) is 7.34. The van der Waals surface area contributed by atoms with Gasteiger partial charge in [0, 0.05) is 10.9 Å². The second kappa shape index (κ2) is 2.88. The van der Waals surface area contributed by atoms with Crippen LogP contribution in [0.2, 0.25) is 0 Å². The number of rotatable bonds is 1. The average molecular weight is 199 g/mol. The van der Waals surface area contributed by atoms with E-state index in [0.29, 0.717) is 11.4 Å². The molecule has 0 aliphatic carbocycles. The van der Waals surface area contributed by atoms with Gasteiger partial charge in [0.15, 0.2) is 0 Å². The summed E-state index contributed by atoms with van der Waals surface area (Å²) in [7, 11) is 0. The van der Waals surface area contributed by atoms with Gasteiger partial charge in [-0.25, -0.2) is 0 Å². The highest BCUT2D eigenvalue weighted by atomic mass is 16.5. The van der Waals surface area contributed by atoms with Crippen LogP contribution in [0.3, 0.4) is 0 Å². The number of nitrogens with one attached hydrogen (secondary N) is 1. The van der Waals surface area contributed by atoms with E-state index in [1.165, 1.54) is 6.20 Å². The summed E-state index contributed by atoms with van der Waals surface area (Å²) in [5, 5.41) is 4.78. The van der Waals surface area contributed by atoms with E-state index in [4.69, 9.17) is 10.3 Å². The maximum Gasteiger partial charge on any atom is 0.205 e. The van der Waals surface area contributed by atoms with Crippen molar-refractivity contribution in [3.8, 4) is 11.5 Å². The summed E-state index contributed by atoms with van der Waals surface area (Å²) in [5.74, 6) is 0.589. The molecule has 2 heterocycles. The number of aromatic nitrogens is 2. The van der Waals surface area contributed by atoms with Gasteiger partial charge in [-0.2, -0.15) is 0 Å². The standard InChI is InChI=1S/C11H9N3O/c12-8-6-13-15-11(8)10-5-7-3-1-2-4-9(7)14-10/h1-6,14H,12H2. The fourth-order valence-corrected chi connectivity index (χ4v) is 1.65. The molecule has 3 aromatic rings. The molecule has 0 amide bonds. The Balaban J connectivity index is 2.24. The Kier molecular flexibility index (Phi) is 1.56. The monoisotopic (exact) mass is 199 g/mol. The summed E-state index contributed by atoms with van der Waals surface area (Å²) >= 11 is 0. The largest absolute Gasteiger partial charge is 0.394 e. The summed E-state index contributed by atoms with van der Waals surface area (Å²) in [4.78, 5) is 3.23. The summed E-state index contributed by atoms with van der Waals surface area (Å²) < 4.78 is 5.07. The topological polar surface area (TPSA) is 67.8 Å². The number of hydrogen-bond donors (Lipinski definition) is 2. The third kappa shape index (κ3) is 1.19. The molecule has 0 unspecified atom stereocenters. The second-order valence-corrected chi connectivity index (χ2v) is 3.38. The highest BCUT2D eigenvalue weighted by Crippen LogP contribution is 2.27. The average Bonchev–Trinajstić information content (AvgIpc) is 2.82. The number of benzene rings is 1. The van der Waals surface area contributed by atoms with Gasteiger partial charge in [0.2, 0.25) is 5.76 Å². The molecular formula is C11H9N3O. The first-order valence-electron chi connectivity index (χ1n) is 4.63. The van der Waals surface area contributed by atoms with Crippen LogP contribution in [0.4, 0.5) is 5.69 Å². The predicted molar refractivity (Wildman–Crippen MR) is 58.2 cm³/mol. The van der Waals surface area contributed by atoms with Crippen LogP contribution in [0, 0.1) is 0 Å². The number of nitrogens with two attached hydrogens (primary N) is 1. The molecule has 0 bridgehead atoms. The summed E-state index contributed by atoms with van der Waals surface area (Å²) in [6.07, 6.45) is 1.50. The van der Waals surface area contributed by atoms with Gasteiger partial charge in [0.05, 0.1) is 11.9 Å². The molecule has 4 nitrogen and oxygen atoms in total. The van der Waals surface area contributed by atoms with Gasteiger partial charge in [0.25, 0.3) is 0 Å². The quantitative estimate of drug-likeness (QED) is 0.632. The molecule has 4 heteroatoms. The van der Waals surface area contributed by atoms with Crippen LogP contribution in [0.5, 0.6) is 0 Å². The number of nitrogens with zero attached hydrogens (tertiary/aromatic N) is 1. The van der Waals surface area contributed by atoms with Gasteiger partial charge in [0.1, 0.15) is 5.69 Å². The number of H-pyrrole nitrogens is 1. The van der Waals surface area contributed by atoms with E-state index >= 15 is 0 Å². The van der Waals surface area contributed by atoms with Crippen molar-refractivity contribution in [3.63, 3.8) is 0 Å². The molecule has 0 fully saturated rings. The van der Waals surface area contributed by atoms with Crippen LogP contribution in [0.25, 0.3) is 22.4 Å². The van der Waals surface area contributed by atoms with Gasteiger partial charge in [-0.3, -0.25) is 0 Å². The number of nitrogen functional groups attached to an aromatic ring is 1. The van der Waals surface area contributed by atoms with Crippen molar-refractivity contribution in [1.82, 2.24) is 10.1 Å². The van der Waals surface area contributed by atoms with Gasteiger partial charge >= 0.3 is 0 Å². The minimum Gasteiger partial charge on any atom is -0.394 e. The van der Waals surface area contributed by atoms with E-state index in [2.05, 4.69) is 10.1 Å². The third-order valence-corrected chi connectivity index (χ3v) is 2.37. The molecule has 3 N–H and O–H groups in total. The molecule has 2 aromatic heterocycles. The van der Waals surface area contributed by atoms with Crippen LogP contribution < -0.4 is 5.73 Å². The number of para-hydroxylation sites is 1. The smallest absolute Gasteiger partial charge is 0.205 e. The lowest BCUT2D eigenvalue weighted by atomic mass is 10.2. The van der Waals surface area contributed by atoms with Crippen molar-refractivity contribution in [2.75, 3.05) is 5.73 Å². The van der Waals surface area contributed by atoms with E-state index in [9.17, 15) is 0 Å². The van der Waals surface area contributed by atoms with E-state index in [1.54, 1.807) is 0 Å². The van der Waals surface area contributed by atoms with Crippen LogP contribution >= 0.6 is 0 Å². The number of anilines is 1. The van der Waals surface area contributed by atoms with Crippen molar-refractivity contribution < 1.29 is 4.52 Å². The molecular weight excluding hydrogens is 190 g/mol. The third-order valence-electron chi connectivity index (χ3n) is 2.37. The Morgan fingerprint density at radius 3 is 2.87 bits per heavy atom. The first kappa shape index (κ1) is 8.11. The van der Waals surface area contributed by atoms with Crippen LogP contribution in [-0.4, -0.2) is 10.1 Å². The normalized spacial score (nSPS) is 10.9. The molecule has 0 atom stereocenters. The van der Waals surface area contributed by atoms with Crippen molar-refractivity contribution in [1.29, 1.82) is 0 Å². The van der Waals surface area contributed by atoms with Gasteiger partial charge < -0.3 is 15.2 Å². The lowest BCUT2D eigenvalue weighted by Gasteiger charge is -1.90. The van der Waals surface area contributed by atoms with Crippen molar-refractivity contribution in [2.24, 2.45) is 0 Å². The minimum absolute atomic E-state index is 0.543.